The van der Waals surface area contributed by atoms with Crippen molar-refractivity contribution in [3.05, 3.63) is 81.9 Å². The molecule has 0 saturated heterocycles. The molecular formula is C20H22N2O4. The van der Waals surface area contributed by atoms with Crippen molar-refractivity contribution in [2.45, 2.75) is 31.8 Å². The van der Waals surface area contributed by atoms with Gasteiger partial charge in [-0.15, -0.1) is 0 Å². The lowest BCUT2D eigenvalue weighted by atomic mass is 10.0. The highest BCUT2D eigenvalue weighted by molar-refractivity contribution is 6.13. The van der Waals surface area contributed by atoms with Crippen molar-refractivity contribution in [3.63, 3.8) is 0 Å². The van der Waals surface area contributed by atoms with Crippen LogP contribution in [0.3, 0.4) is 0 Å². The Hall–Kier alpha value is -3.02. The van der Waals surface area contributed by atoms with E-state index in [4.69, 9.17) is 4.74 Å². The van der Waals surface area contributed by atoms with Crippen molar-refractivity contribution in [1.29, 1.82) is 0 Å². The minimum absolute atomic E-state index is 0.000654. The van der Waals surface area contributed by atoms with Gasteiger partial charge in [0.05, 0.1) is 12.8 Å². The number of nitrogens with zero attached hydrogens (tertiary/aromatic N) is 2. The van der Waals surface area contributed by atoms with Crippen molar-refractivity contribution in [3.8, 4) is 0 Å². The Morgan fingerprint density at radius 2 is 1.58 bits per heavy atom. The van der Waals surface area contributed by atoms with Gasteiger partial charge in [-0.1, -0.05) is 67.6 Å². The number of aliphatic imine (C=N–C) groups is 1. The van der Waals surface area contributed by atoms with Gasteiger partial charge in [-0.05, 0) is 0 Å². The van der Waals surface area contributed by atoms with Gasteiger partial charge in [0.15, 0.2) is 6.04 Å². The predicted molar refractivity (Wildman–Crippen MR) is 100 cm³/mol. The minimum Gasteiger partial charge on any atom is -0.467 e. The number of rotatable bonds is 8. The summed E-state index contributed by atoms with van der Waals surface area (Å²) in [4.78, 5) is 27.7. The standard InChI is InChI=1S/C20H22N2O4/c1-3-17(22(24)25)14-18(20(23)26-2)21-19(15-10-6-4-7-11-15)16-12-8-5-9-13-16/h4-13,17-18H,3,14H2,1-2H3/t17-,18-/m0/s1. The molecule has 0 amide bonds. The van der Waals surface area contributed by atoms with Crippen LogP contribution in [0.25, 0.3) is 0 Å². The van der Waals surface area contributed by atoms with Crippen LogP contribution in [0.5, 0.6) is 0 Å². The monoisotopic (exact) mass is 354 g/mol. The Balaban J connectivity index is 2.49. The van der Waals surface area contributed by atoms with Gasteiger partial charge < -0.3 is 4.74 Å². The first-order chi connectivity index (χ1) is 12.6. The number of benzene rings is 2. The molecule has 0 aliphatic heterocycles. The van der Waals surface area contributed by atoms with E-state index in [2.05, 4.69) is 4.99 Å². The second kappa shape index (κ2) is 9.46. The molecule has 2 aromatic carbocycles. The Morgan fingerprint density at radius 3 is 1.96 bits per heavy atom. The molecule has 26 heavy (non-hydrogen) atoms. The number of methoxy groups -OCH3 is 1. The van der Waals surface area contributed by atoms with Crippen molar-refractivity contribution >= 4 is 11.7 Å². The molecule has 0 radical (unpaired) electrons. The summed E-state index contributed by atoms with van der Waals surface area (Å²) >= 11 is 0. The molecule has 0 bridgehead atoms. The van der Waals surface area contributed by atoms with Gasteiger partial charge in [0.1, 0.15) is 0 Å². The van der Waals surface area contributed by atoms with E-state index in [0.29, 0.717) is 12.1 Å². The normalized spacial score (nSPS) is 12.7. The molecule has 6 heteroatoms. The molecule has 6 nitrogen and oxygen atoms in total. The third-order valence-electron chi connectivity index (χ3n) is 4.12. The van der Waals surface area contributed by atoms with Gasteiger partial charge in [0.2, 0.25) is 6.04 Å². The Labute approximate surface area is 152 Å². The zero-order valence-corrected chi connectivity index (χ0v) is 14.9. The highest BCUT2D eigenvalue weighted by Gasteiger charge is 2.29. The molecular weight excluding hydrogens is 332 g/mol. The summed E-state index contributed by atoms with van der Waals surface area (Å²) in [5.74, 6) is -0.574. The molecule has 0 heterocycles. The third kappa shape index (κ3) is 4.99. The summed E-state index contributed by atoms with van der Waals surface area (Å²) in [7, 11) is 1.27. The quantitative estimate of drug-likeness (QED) is 0.314. The number of hydrogen-bond donors (Lipinski definition) is 0. The lowest BCUT2D eigenvalue weighted by molar-refractivity contribution is -0.523. The fraction of sp³-hybridized carbons (Fsp3) is 0.300. The zero-order chi connectivity index (χ0) is 18.9. The Bertz CT molecular complexity index is 718. The molecule has 2 aromatic rings. The van der Waals surface area contributed by atoms with Crippen LogP contribution in [-0.4, -0.2) is 35.8 Å². The van der Waals surface area contributed by atoms with E-state index in [1.54, 1.807) is 6.92 Å². The second-order valence-electron chi connectivity index (χ2n) is 5.83. The molecule has 0 spiro atoms. The Kier molecular flexibility index (Phi) is 7.02. The summed E-state index contributed by atoms with van der Waals surface area (Å²) in [6, 6.07) is 17.1. The van der Waals surface area contributed by atoms with Crippen LogP contribution in [0.15, 0.2) is 65.7 Å². The molecule has 136 valence electrons. The van der Waals surface area contributed by atoms with E-state index in [1.165, 1.54) is 7.11 Å². The second-order valence-corrected chi connectivity index (χ2v) is 5.83. The molecule has 0 fully saturated rings. The maximum atomic E-state index is 12.2. The molecule has 2 rings (SSSR count). The summed E-state index contributed by atoms with van der Waals surface area (Å²) in [5.41, 5.74) is 2.28. The molecule has 0 saturated carbocycles. The number of nitro groups is 1. The average molecular weight is 354 g/mol. The van der Waals surface area contributed by atoms with Crippen molar-refractivity contribution in [2.24, 2.45) is 4.99 Å². The van der Waals surface area contributed by atoms with Gasteiger partial charge in [-0.3, -0.25) is 15.1 Å². The third-order valence-corrected chi connectivity index (χ3v) is 4.12. The maximum absolute atomic E-state index is 12.2. The van der Waals surface area contributed by atoms with Gasteiger partial charge in [-0.25, -0.2) is 4.79 Å². The fourth-order valence-corrected chi connectivity index (χ4v) is 2.66. The summed E-state index contributed by atoms with van der Waals surface area (Å²) in [6.07, 6.45) is 0.321. The van der Waals surface area contributed by atoms with Crippen molar-refractivity contribution in [1.82, 2.24) is 0 Å². The highest BCUT2D eigenvalue weighted by Crippen LogP contribution is 2.16. The smallest absolute Gasteiger partial charge is 0.330 e. The number of ether oxygens (including phenoxy) is 1. The van der Waals surface area contributed by atoms with E-state index in [-0.39, 0.29) is 11.3 Å². The zero-order valence-electron chi connectivity index (χ0n) is 14.9. The summed E-state index contributed by atoms with van der Waals surface area (Å²) in [5, 5.41) is 11.2. The first kappa shape index (κ1) is 19.3. The largest absolute Gasteiger partial charge is 0.467 e. The van der Waals surface area contributed by atoms with Gasteiger partial charge in [0, 0.05) is 28.9 Å². The summed E-state index contributed by atoms with van der Waals surface area (Å²) in [6.45, 7) is 1.72. The number of carbonyl (C=O) groups is 1. The van der Waals surface area contributed by atoms with Crippen molar-refractivity contribution in [2.75, 3.05) is 7.11 Å². The molecule has 0 aromatic heterocycles. The van der Waals surface area contributed by atoms with Gasteiger partial charge >= 0.3 is 5.97 Å². The molecule has 2 atom stereocenters. The number of carbonyl (C=O) groups excluding carboxylic acids is 1. The number of esters is 1. The molecule has 0 aliphatic rings. The van der Waals surface area contributed by atoms with E-state index in [0.717, 1.165) is 11.1 Å². The van der Waals surface area contributed by atoms with Crippen LogP contribution in [-0.2, 0) is 9.53 Å². The van der Waals surface area contributed by atoms with Crippen LogP contribution >= 0.6 is 0 Å². The first-order valence-corrected chi connectivity index (χ1v) is 8.46. The van der Waals surface area contributed by atoms with Gasteiger partial charge in [-0.2, -0.15) is 0 Å². The van der Waals surface area contributed by atoms with Crippen LogP contribution in [0.1, 0.15) is 30.9 Å². The Morgan fingerprint density at radius 1 is 1.08 bits per heavy atom. The number of hydrogen-bond acceptors (Lipinski definition) is 5. The van der Waals surface area contributed by atoms with E-state index < -0.39 is 18.1 Å². The molecule has 0 aliphatic carbocycles. The molecule has 0 N–H and O–H groups in total. The highest BCUT2D eigenvalue weighted by atomic mass is 16.6. The predicted octanol–water partition coefficient (Wildman–Crippen LogP) is 3.51. The van der Waals surface area contributed by atoms with Crippen LogP contribution in [0.2, 0.25) is 0 Å². The van der Waals surface area contributed by atoms with Crippen LogP contribution in [0, 0.1) is 10.1 Å². The lowest BCUT2D eigenvalue weighted by Gasteiger charge is -2.16. The minimum atomic E-state index is -0.939. The summed E-state index contributed by atoms with van der Waals surface area (Å²) < 4.78 is 4.84. The topological polar surface area (TPSA) is 81.8 Å². The van der Waals surface area contributed by atoms with E-state index >= 15 is 0 Å². The average Bonchev–Trinajstić information content (AvgIpc) is 2.68. The van der Waals surface area contributed by atoms with Crippen LogP contribution < -0.4 is 0 Å². The van der Waals surface area contributed by atoms with E-state index in [9.17, 15) is 14.9 Å². The molecule has 0 unspecified atom stereocenters. The van der Waals surface area contributed by atoms with Crippen molar-refractivity contribution < 1.29 is 14.5 Å². The van der Waals surface area contributed by atoms with Crippen LogP contribution in [0.4, 0.5) is 0 Å². The van der Waals surface area contributed by atoms with Gasteiger partial charge in [0.25, 0.3) is 0 Å². The lowest BCUT2D eigenvalue weighted by Crippen LogP contribution is -2.31. The first-order valence-electron chi connectivity index (χ1n) is 8.46. The SMILES string of the molecule is CC[C@@H](C[C@H](N=C(c1ccccc1)c1ccccc1)C(=O)OC)[N+](=O)[O-]. The fourth-order valence-electron chi connectivity index (χ4n) is 2.66. The maximum Gasteiger partial charge on any atom is 0.330 e. The van der Waals surface area contributed by atoms with E-state index in [1.807, 2.05) is 60.7 Å².